The Hall–Kier alpha value is -2.22. The van der Waals surface area contributed by atoms with Gasteiger partial charge in [-0.25, -0.2) is 13.6 Å². The number of carbonyl (C=O) groups excluding carboxylic acids is 2. The number of piperidine rings is 1. The maximum Gasteiger partial charge on any atom is 0.321 e. The number of anilines is 1. The van der Waals surface area contributed by atoms with Crippen LogP contribution in [0.2, 0.25) is 0 Å². The second kappa shape index (κ2) is 8.65. The molecule has 3 rings (SSSR count). The molecule has 2 aliphatic heterocycles. The molecule has 27 heavy (non-hydrogen) atoms. The Balaban J connectivity index is 1.46. The number of likely N-dealkylation sites (tertiary alicyclic amines) is 1. The molecule has 6 nitrogen and oxygen atoms in total. The van der Waals surface area contributed by atoms with Crippen molar-refractivity contribution < 1.29 is 18.4 Å². The number of nitrogens with zero attached hydrogens (tertiary/aromatic N) is 3. The van der Waals surface area contributed by atoms with Crippen molar-refractivity contribution in [3.8, 4) is 0 Å². The van der Waals surface area contributed by atoms with Gasteiger partial charge < -0.3 is 15.1 Å². The summed E-state index contributed by atoms with van der Waals surface area (Å²) < 4.78 is 26.5. The van der Waals surface area contributed by atoms with E-state index in [9.17, 15) is 18.4 Å². The molecule has 0 spiro atoms. The number of benzene rings is 1. The van der Waals surface area contributed by atoms with Crippen LogP contribution in [0, 0.1) is 11.6 Å². The van der Waals surface area contributed by atoms with E-state index < -0.39 is 17.7 Å². The van der Waals surface area contributed by atoms with E-state index >= 15 is 0 Å². The molecule has 1 aromatic rings. The third kappa shape index (κ3) is 5.15. The van der Waals surface area contributed by atoms with Crippen molar-refractivity contribution in [2.75, 3.05) is 44.6 Å². The van der Waals surface area contributed by atoms with Gasteiger partial charge in [-0.2, -0.15) is 0 Å². The fourth-order valence-corrected chi connectivity index (χ4v) is 3.69. The zero-order valence-electron chi connectivity index (χ0n) is 15.6. The van der Waals surface area contributed by atoms with Crippen LogP contribution in [-0.2, 0) is 4.79 Å². The molecule has 2 heterocycles. The molecule has 1 atom stereocenters. The van der Waals surface area contributed by atoms with Gasteiger partial charge in [0.15, 0.2) is 0 Å². The Kier molecular flexibility index (Phi) is 6.26. The largest absolute Gasteiger partial charge is 0.339 e. The summed E-state index contributed by atoms with van der Waals surface area (Å²) in [7, 11) is 0. The molecule has 2 aliphatic rings. The van der Waals surface area contributed by atoms with Crippen LogP contribution in [0.1, 0.15) is 26.2 Å². The molecule has 0 aliphatic carbocycles. The summed E-state index contributed by atoms with van der Waals surface area (Å²) in [5.74, 6) is -1.32. The Morgan fingerprint density at radius 1 is 1.04 bits per heavy atom. The van der Waals surface area contributed by atoms with E-state index in [2.05, 4.69) is 17.1 Å². The SMILES string of the molecule is CC1CCCCN1C(=O)CN1CCN(C(=O)Nc2cc(F)cc(F)c2)CC1. The van der Waals surface area contributed by atoms with E-state index in [1.807, 2.05) is 4.90 Å². The highest BCUT2D eigenvalue weighted by Crippen LogP contribution is 2.17. The summed E-state index contributed by atoms with van der Waals surface area (Å²) in [5, 5.41) is 2.52. The van der Waals surface area contributed by atoms with Crippen molar-refractivity contribution in [2.45, 2.75) is 32.2 Å². The zero-order chi connectivity index (χ0) is 19.4. The molecule has 3 amide bonds. The van der Waals surface area contributed by atoms with Gasteiger partial charge in [0.05, 0.1) is 6.54 Å². The molecular weight excluding hydrogens is 354 g/mol. The average molecular weight is 380 g/mol. The summed E-state index contributed by atoms with van der Waals surface area (Å²) in [5.41, 5.74) is 0.0918. The van der Waals surface area contributed by atoms with E-state index in [-0.39, 0.29) is 11.6 Å². The minimum Gasteiger partial charge on any atom is -0.339 e. The van der Waals surface area contributed by atoms with Crippen molar-refractivity contribution in [2.24, 2.45) is 0 Å². The summed E-state index contributed by atoms with van der Waals surface area (Å²) in [6, 6.07) is 2.82. The predicted molar refractivity (Wildman–Crippen MR) is 98.4 cm³/mol. The Morgan fingerprint density at radius 3 is 2.33 bits per heavy atom. The molecule has 0 saturated carbocycles. The molecule has 2 saturated heterocycles. The molecular formula is C19H26F2N4O2. The molecule has 8 heteroatoms. The first-order valence-electron chi connectivity index (χ1n) is 9.46. The lowest BCUT2D eigenvalue weighted by atomic mass is 10.0. The molecule has 0 bridgehead atoms. The number of urea groups is 1. The van der Waals surface area contributed by atoms with Crippen molar-refractivity contribution in [3.63, 3.8) is 0 Å². The molecule has 0 aromatic heterocycles. The van der Waals surface area contributed by atoms with Crippen molar-refractivity contribution in [1.82, 2.24) is 14.7 Å². The van der Waals surface area contributed by atoms with E-state index in [1.165, 1.54) is 6.42 Å². The first-order valence-corrected chi connectivity index (χ1v) is 9.46. The molecule has 1 N–H and O–H groups in total. The van der Waals surface area contributed by atoms with Crippen LogP contribution in [0.3, 0.4) is 0 Å². The summed E-state index contributed by atoms with van der Waals surface area (Å²) in [6.45, 7) is 5.41. The Bertz CT molecular complexity index is 672. The van der Waals surface area contributed by atoms with Crippen LogP contribution >= 0.6 is 0 Å². The van der Waals surface area contributed by atoms with Gasteiger partial charge in [0, 0.05) is 50.5 Å². The van der Waals surface area contributed by atoms with E-state index in [4.69, 9.17) is 0 Å². The number of hydrogen-bond acceptors (Lipinski definition) is 3. The van der Waals surface area contributed by atoms with Gasteiger partial charge in [0.1, 0.15) is 11.6 Å². The van der Waals surface area contributed by atoms with E-state index in [0.717, 1.165) is 37.6 Å². The van der Waals surface area contributed by atoms with Crippen LogP contribution in [0.5, 0.6) is 0 Å². The minimum atomic E-state index is -0.736. The van der Waals surface area contributed by atoms with Gasteiger partial charge in [0.25, 0.3) is 0 Å². The summed E-state index contributed by atoms with van der Waals surface area (Å²) in [6.07, 6.45) is 3.29. The van der Waals surface area contributed by atoms with Gasteiger partial charge in [-0.05, 0) is 38.3 Å². The fourth-order valence-electron chi connectivity index (χ4n) is 3.69. The van der Waals surface area contributed by atoms with Gasteiger partial charge in [-0.15, -0.1) is 0 Å². The first-order chi connectivity index (χ1) is 12.9. The first kappa shape index (κ1) is 19.5. The van der Waals surface area contributed by atoms with E-state index in [0.29, 0.717) is 38.8 Å². The lowest BCUT2D eigenvalue weighted by molar-refractivity contribution is -0.136. The fraction of sp³-hybridized carbons (Fsp3) is 0.579. The van der Waals surface area contributed by atoms with Gasteiger partial charge in [-0.3, -0.25) is 9.69 Å². The normalized spacial score (nSPS) is 21.2. The van der Waals surface area contributed by atoms with Gasteiger partial charge in [0.2, 0.25) is 5.91 Å². The number of piperazine rings is 1. The highest BCUT2D eigenvalue weighted by atomic mass is 19.1. The third-order valence-corrected chi connectivity index (χ3v) is 5.26. The van der Waals surface area contributed by atoms with Crippen molar-refractivity contribution >= 4 is 17.6 Å². The van der Waals surface area contributed by atoms with E-state index in [1.54, 1.807) is 4.90 Å². The van der Waals surface area contributed by atoms with Gasteiger partial charge in [-0.1, -0.05) is 0 Å². The molecule has 1 unspecified atom stereocenters. The van der Waals surface area contributed by atoms with Crippen molar-refractivity contribution in [3.05, 3.63) is 29.8 Å². The topological polar surface area (TPSA) is 55.9 Å². The third-order valence-electron chi connectivity index (χ3n) is 5.26. The maximum absolute atomic E-state index is 13.2. The lowest BCUT2D eigenvalue weighted by Crippen LogP contribution is -2.53. The van der Waals surface area contributed by atoms with Gasteiger partial charge >= 0.3 is 6.03 Å². The molecule has 1 aromatic carbocycles. The predicted octanol–water partition coefficient (Wildman–Crippen LogP) is 2.52. The second-order valence-corrected chi connectivity index (χ2v) is 7.28. The summed E-state index contributed by atoms with van der Waals surface area (Å²) >= 11 is 0. The average Bonchev–Trinajstić information content (AvgIpc) is 2.61. The monoisotopic (exact) mass is 380 g/mol. The maximum atomic E-state index is 13.2. The van der Waals surface area contributed by atoms with Crippen LogP contribution in [0.25, 0.3) is 0 Å². The van der Waals surface area contributed by atoms with Crippen LogP contribution < -0.4 is 5.32 Å². The van der Waals surface area contributed by atoms with Crippen LogP contribution in [0.15, 0.2) is 18.2 Å². The highest BCUT2D eigenvalue weighted by Gasteiger charge is 2.27. The molecule has 2 fully saturated rings. The van der Waals surface area contributed by atoms with Crippen LogP contribution in [0.4, 0.5) is 19.3 Å². The Labute approximate surface area is 158 Å². The molecule has 148 valence electrons. The number of nitrogens with one attached hydrogen (secondary N) is 1. The Morgan fingerprint density at radius 2 is 1.70 bits per heavy atom. The number of halogens is 2. The second-order valence-electron chi connectivity index (χ2n) is 7.28. The lowest BCUT2D eigenvalue weighted by Gasteiger charge is -2.38. The summed E-state index contributed by atoms with van der Waals surface area (Å²) in [4.78, 5) is 30.4. The minimum absolute atomic E-state index is 0.0918. The number of hydrogen-bond donors (Lipinski definition) is 1. The van der Waals surface area contributed by atoms with Crippen LogP contribution in [-0.4, -0.2) is 71.9 Å². The standard InChI is InChI=1S/C19H26F2N4O2/c1-14-4-2-3-5-25(14)18(26)13-23-6-8-24(9-7-23)19(27)22-17-11-15(20)10-16(21)12-17/h10-12,14H,2-9,13H2,1H3,(H,22,27). The number of carbonyl (C=O) groups is 2. The quantitative estimate of drug-likeness (QED) is 0.877. The number of rotatable bonds is 3. The molecule has 0 radical (unpaired) electrons. The number of amides is 3. The van der Waals surface area contributed by atoms with Crippen molar-refractivity contribution in [1.29, 1.82) is 0 Å². The highest BCUT2D eigenvalue weighted by molar-refractivity contribution is 5.89. The smallest absolute Gasteiger partial charge is 0.321 e. The zero-order valence-corrected chi connectivity index (χ0v) is 15.6.